The molecule has 4 bridgehead atoms. The molecule has 0 aromatic rings. The first kappa shape index (κ1) is 11.7. The van der Waals surface area contributed by atoms with Crippen LogP contribution in [-0.4, -0.2) is 21.3 Å². The van der Waals surface area contributed by atoms with E-state index in [0.717, 1.165) is 34.2 Å². The Hall–Kier alpha value is 0.930. The summed E-state index contributed by atoms with van der Waals surface area (Å²) in [4.78, 5) is 0. The number of halogens is 2. The fraction of sp³-hybridized carbons (Fsp3) is 1.00. The van der Waals surface area contributed by atoms with E-state index in [0.29, 0.717) is 10.8 Å². The first-order valence-electron chi connectivity index (χ1n) is 7.17. The number of thioether (sulfide) groups is 1. The zero-order chi connectivity index (χ0) is 11.6. The highest BCUT2D eigenvalue weighted by Crippen LogP contribution is 2.58. The van der Waals surface area contributed by atoms with Gasteiger partial charge in [0, 0.05) is 21.3 Å². The predicted molar refractivity (Wildman–Crippen MR) is 76.1 cm³/mol. The molecule has 0 nitrogen and oxygen atoms in total. The lowest BCUT2D eigenvalue weighted by Crippen LogP contribution is -2.33. The molecule has 0 unspecified atom stereocenters. The molecule has 0 aliphatic heterocycles. The zero-order valence-corrected chi connectivity index (χ0v) is 12.4. The van der Waals surface area contributed by atoms with Gasteiger partial charge in [0.05, 0.1) is 0 Å². The van der Waals surface area contributed by atoms with E-state index in [1.807, 2.05) is 0 Å². The normalized spacial score (nSPS) is 60.4. The van der Waals surface area contributed by atoms with Crippen LogP contribution in [0.25, 0.3) is 0 Å². The van der Waals surface area contributed by atoms with Crippen molar-refractivity contribution in [2.24, 2.45) is 23.7 Å². The number of alkyl halides is 2. The van der Waals surface area contributed by atoms with Gasteiger partial charge in [0.2, 0.25) is 0 Å². The maximum absolute atomic E-state index is 6.64. The van der Waals surface area contributed by atoms with Crippen LogP contribution in [0, 0.1) is 23.7 Å². The second kappa shape index (κ2) is 4.21. The second-order valence-corrected chi connectivity index (χ2v) is 8.99. The van der Waals surface area contributed by atoms with Gasteiger partial charge >= 0.3 is 0 Å². The second-order valence-electron chi connectivity index (χ2n) is 6.62. The molecule has 0 saturated heterocycles. The molecule has 4 fully saturated rings. The van der Waals surface area contributed by atoms with Gasteiger partial charge in [-0.15, -0.1) is 23.2 Å². The molecule has 4 aliphatic carbocycles. The topological polar surface area (TPSA) is 0 Å². The fourth-order valence-electron chi connectivity index (χ4n) is 4.89. The summed E-state index contributed by atoms with van der Waals surface area (Å²) in [7, 11) is 0. The third-order valence-electron chi connectivity index (χ3n) is 5.80. The quantitative estimate of drug-likeness (QED) is 0.673. The SMILES string of the molecule is Cl[C@@H]1[C@@H]2CC[C@@H](C2)[C@H]1S[C@@H]1[C@H]2CC[C@H](C2)[C@H]1Cl. The average molecular weight is 291 g/mol. The number of fused-ring (bicyclic) bond motifs is 4. The van der Waals surface area contributed by atoms with E-state index in [9.17, 15) is 0 Å². The minimum atomic E-state index is 0.446. The Morgan fingerprint density at radius 2 is 1.06 bits per heavy atom. The van der Waals surface area contributed by atoms with Crippen LogP contribution < -0.4 is 0 Å². The van der Waals surface area contributed by atoms with Gasteiger partial charge in [-0.2, -0.15) is 11.8 Å². The summed E-state index contributed by atoms with van der Waals surface area (Å²) >= 11 is 15.5. The van der Waals surface area contributed by atoms with Crippen molar-refractivity contribution in [1.82, 2.24) is 0 Å². The lowest BCUT2D eigenvalue weighted by atomic mass is 9.99. The Kier molecular flexibility index (Phi) is 2.91. The van der Waals surface area contributed by atoms with Gasteiger partial charge in [-0.1, -0.05) is 0 Å². The molecule has 4 aliphatic rings. The largest absolute Gasteiger partial charge is 0.151 e. The molecule has 0 N–H and O–H groups in total. The van der Waals surface area contributed by atoms with Gasteiger partial charge in [0.15, 0.2) is 0 Å². The molecule has 4 rings (SSSR count). The van der Waals surface area contributed by atoms with Crippen LogP contribution in [0.3, 0.4) is 0 Å². The maximum Gasteiger partial charge on any atom is 0.0485 e. The Morgan fingerprint density at radius 3 is 1.41 bits per heavy atom. The van der Waals surface area contributed by atoms with Crippen LogP contribution in [0.5, 0.6) is 0 Å². The van der Waals surface area contributed by atoms with E-state index < -0.39 is 0 Å². The molecule has 0 aromatic carbocycles. The summed E-state index contributed by atoms with van der Waals surface area (Å²) in [5, 5.41) is 2.34. The third kappa shape index (κ3) is 1.71. The number of rotatable bonds is 2. The average Bonchev–Trinajstić information content (AvgIpc) is 3.05. The van der Waals surface area contributed by atoms with Crippen molar-refractivity contribution in [3.63, 3.8) is 0 Å². The van der Waals surface area contributed by atoms with E-state index in [1.54, 1.807) is 0 Å². The highest BCUT2D eigenvalue weighted by molar-refractivity contribution is 8.00. The molecular formula is C14H20Cl2S. The van der Waals surface area contributed by atoms with Gasteiger partial charge in [-0.25, -0.2) is 0 Å². The van der Waals surface area contributed by atoms with Crippen molar-refractivity contribution in [3.05, 3.63) is 0 Å². The molecule has 4 saturated carbocycles. The van der Waals surface area contributed by atoms with Gasteiger partial charge in [0.25, 0.3) is 0 Å². The van der Waals surface area contributed by atoms with Gasteiger partial charge in [-0.05, 0) is 62.2 Å². The lowest BCUT2D eigenvalue weighted by molar-refractivity contribution is 0.478. The molecule has 0 spiro atoms. The molecule has 17 heavy (non-hydrogen) atoms. The highest BCUT2D eigenvalue weighted by atomic mass is 35.5. The Bertz CT molecular complexity index is 287. The summed E-state index contributed by atoms with van der Waals surface area (Å²) in [5.74, 6) is 3.48. The minimum absolute atomic E-state index is 0.446. The van der Waals surface area contributed by atoms with Crippen LogP contribution in [0.2, 0.25) is 0 Å². The van der Waals surface area contributed by atoms with E-state index >= 15 is 0 Å². The molecule has 0 aromatic heterocycles. The first-order valence-corrected chi connectivity index (χ1v) is 8.99. The molecule has 0 radical (unpaired) electrons. The van der Waals surface area contributed by atoms with Crippen molar-refractivity contribution >= 4 is 35.0 Å². The van der Waals surface area contributed by atoms with Crippen molar-refractivity contribution in [2.75, 3.05) is 0 Å². The molecular weight excluding hydrogens is 271 g/mol. The smallest absolute Gasteiger partial charge is 0.0485 e. The van der Waals surface area contributed by atoms with Crippen LogP contribution in [-0.2, 0) is 0 Å². The van der Waals surface area contributed by atoms with Crippen LogP contribution in [0.1, 0.15) is 38.5 Å². The standard InChI is InChI=1S/C14H20Cl2S/c15-11-7-1-3-9(5-7)13(11)17-14-10-4-2-8(6-10)12(14)16/h7-14H,1-6H2/t7-,8-,9+,10+,11-,12-,13-,14-/m1/s1. The molecule has 96 valence electrons. The van der Waals surface area contributed by atoms with E-state index in [4.69, 9.17) is 23.2 Å². The van der Waals surface area contributed by atoms with Gasteiger partial charge in [-0.3, -0.25) is 0 Å². The lowest BCUT2D eigenvalue weighted by Gasteiger charge is -2.33. The zero-order valence-electron chi connectivity index (χ0n) is 10.0. The highest BCUT2D eigenvalue weighted by Gasteiger charge is 2.52. The monoisotopic (exact) mass is 290 g/mol. The summed E-state index contributed by atoms with van der Waals surface area (Å²) in [5.41, 5.74) is 0. The summed E-state index contributed by atoms with van der Waals surface area (Å²) in [6.07, 6.45) is 8.44. The van der Waals surface area contributed by atoms with Crippen molar-refractivity contribution in [3.8, 4) is 0 Å². The molecule has 0 heterocycles. The summed E-state index contributed by atoms with van der Waals surface area (Å²) in [6.45, 7) is 0. The Labute approximate surface area is 118 Å². The van der Waals surface area contributed by atoms with Crippen molar-refractivity contribution < 1.29 is 0 Å². The summed E-state index contributed by atoms with van der Waals surface area (Å²) < 4.78 is 0. The van der Waals surface area contributed by atoms with Crippen molar-refractivity contribution in [2.45, 2.75) is 59.8 Å². The van der Waals surface area contributed by atoms with E-state index in [-0.39, 0.29) is 0 Å². The van der Waals surface area contributed by atoms with Crippen LogP contribution >= 0.6 is 35.0 Å². The van der Waals surface area contributed by atoms with E-state index in [2.05, 4.69) is 11.8 Å². The number of hydrogen-bond acceptors (Lipinski definition) is 1. The van der Waals surface area contributed by atoms with Crippen LogP contribution in [0.15, 0.2) is 0 Å². The molecule has 3 heteroatoms. The maximum atomic E-state index is 6.64. The van der Waals surface area contributed by atoms with Crippen molar-refractivity contribution in [1.29, 1.82) is 0 Å². The van der Waals surface area contributed by atoms with Crippen LogP contribution in [0.4, 0.5) is 0 Å². The Morgan fingerprint density at radius 1 is 0.647 bits per heavy atom. The fourth-order valence-corrected chi connectivity index (χ4v) is 8.16. The molecule has 8 atom stereocenters. The first-order chi connectivity index (χ1) is 8.24. The number of hydrogen-bond donors (Lipinski definition) is 0. The Balaban J connectivity index is 1.47. The third-order valence-corrected chi connectivity index (χ3v) is 9.34. The minimum Gasteiger partial charge on any atom is -0.151 e. The predicted octanol–water partition coefficient (Wildman–Crippen LogP) is 4.53. The van der Waals surface area contributed by atoms with Gasteiger partial charge in [0.1, 0.15) is 0 Å². The van der Waals surface area contributed by atoms with Gasteiger partial charge < -0.3 is 0 Å². The summed E-state index contributed by atoms with van der Waals surface area (Å²) in [6, 6.07) is 0. The molecule has 0 amide bonds. The van der Waals surface area contributed by atoms with E-state index in [1.165, 1.54) is 38.5 Å².